The molecule has 1 aliphatic rings. The second-order valence-electron chi connectivity index (χ2n) is 6.84. The predicted octanol–water partition coefficient (Wildman–Crippen LogP) is 3.61. The average Bonchev–Trinajstić information content (AvgIpc) is 3.43. The number of carbonyl (C=O) groups excluding carboxylic acids is 1. The van der Waals surface area contributed by atoms with Crippen molar-refractivity contribution in [2.45, 2.75) is 26.3 Å². The first kappa shape index (κ1) is 21.1. The summed E-state index contributed by atoms with van der Waals surface area (Å²) in [5.41, 5.74) is 2.15. The number of aromatic nitrogens is 3. The summed E-state index contributed by atoms with van der Waals surface area (Å²) >= 11 is 1.25. The maximum absolute atomic E-state index is 12.6. The SMILES string of the molecule is Cc1ccc(O)c(C)c1NC(=O)c1cnc(Nc2ccn([C@@H]3CCNC3)n2)s1.Cl. The van der Waals surface area contributed by atoms with Gasteiger partial charge in [-0.1, -0.05) is 17.4 Å². The van der Waals surface area contributed by atoms with Crippen LogP contribution in [0.2, 0.25) is 0 Å². The normalized spacial score (nSPS) is 15.7. The number of nitrogens with one attached hydrogen (secondary N) is 3. The highest BCUT2D eigenvalue weighted by Gasteiger charge is 2.18. The van der Waals surface area contributed by atoms with Gasteiger partial charge in [0.05, 0.1) is 17.9 Å². The maximum Gasteiger partial charge on any atom is 0.267 e. The summed E-state index contributed by atoms with van der Waals surface area (Å²) in [6.07, 6.45) is 4.55. The van der Waals surface area contributed by atoms with Crippen LogP contribution in [-0.4, -0.2) is 38.9 Å². The van der Waals surface area contributed by atoms with Gasteiger partial charge in [0.1, 0.15) is 10.6 Å². The zero-order valence-corrected chi connectivity index (χ0v) is 17.7. The number of benzene rings is 1. The Balaban J connectivity index is 0.00000240. The standard InChI is InChI=1S/C19H22N6O2S.ClH/c1-11-3-4-14(26)12(2)17(11)23-18(27)15-10-21-19(28-15)22-16-6-8-25(24-16)13-5-7-20-9-13;/h3-4,6,8,10,13,20,26H,5,7,9H2,1-2H3,(H,23,27)(H,21,22,24);1H/t13-;/m1./s1. The smallest absolute Gasteiger partial charge is 0.267 e. The van der Waals surface area contributed by atoms with Crippen molar-refractivity contribution in [3.05, 3.63) is 46.6 Å². The van der Waals surface area contributed by atoms with Crippen molar-refractivity contribution in [3.63, 3.8) is 0 Å². The van der Waals surface area contributed by atoms with Crippen LogP contribution < -0.4 is 16.0 Å². The third-order valence-electron chi connectivity index (χ3n) is 4.86. The number of aryl methyl sites for hydroxylation is 1. The molecular formula is C19H23ClN6O2S. The number of rotatable bonds is 5. The summed E-state index contributed by atoms with van der Waals surface area (Å²) in [4.78, 5) is 17.4. The molecule has 0 aliphatic carbocycles. The molecule has 29 heavy (non-hydrogen) atoms. The van der Waals surface area contributed by atoms with E-state index in [0.717, 1.165) is 25.1 Å². The third-order valence-corrected chi connectivity index (χ3v) is 5.78. The number of amides is 1. The second-order valence-corrected chi connectivity index (χ2v) is 7.87. The van der Waals surface area contributed by atoms with Crippen molar-refractivity contribution in [3.8, 4) is 5.75 Å². The Morgan fingerprint density at radius 3 is 2.93 bits per heavy atom. The molecule has 1 saturated heterocycles. The highest BCUT2D eigenvalue weighted by molar-refractivity contribution is 7.17. The van der Waals surface area contributed by atoms with Crippen LogP contribution in [0.15, 0.2) is 30.6 Å². The van der Waals surface area contributed by atoms with Gasteiger partial charge in [-0.2, -0.15) is 5.10 Å². The monoisotopic (exact) mass is 434 g/mol. The highest BCUT2D eigenvalue weighted by Crippen LogP contribution is 2.29. The first-order valence-electron chi connectivity index (χ1n) is 9.10. The van der Waals surface area contributed by atoms with Crippen LogP contribution in [0.1, 0.15) is 33.3 Å². The number of hydrogen-bond donors (Lipinski definition) is 4. The van der Waals surface area contributed by atoms with Gasteiger partial charge in [-0.05, 0) is 38.4 Å². The number of halogens is 1. The second kappa shape index (κ2) is 8.81. The van der Waals surface area contributed by atoms with Crippen LogP contribution in [0.25, 0.3) is 0 Å². The Bertz CT molecular complexity index is 1010. The Morgan fingerprint density at radius 1 is 1.34 bits per heavy atom. The van der Waals surface area contributed by atoms with E-state index in [9.17, 15) is 9.90 Å². The van der Waals surface area contributed by atoms with E-state index in [0.29, 0.717) is 33.1 Å². The zero-order chi connectivity index (χ0) is 19.7. The molecule has 0 saturated carbocycles. The Hall–Kier alpha value is -2.62. The van der Waals surface area contributed by atoms with Gasteiger partial charge in [-0.3, -0.25) is 9.48 Å². The first-order valence-corrected chi connectivity index (χ1v) is 9.92. The molecule has 0 radical (unpaired) electrons. The van der Waals surface area contributed by atoms with Gasteiger partial charge in [0, 0.05) is 24.4 Å². The molecular weight excluding hydrogens is 412 g/mol. The summed E-state index contributed by atoms with van der Waals surface area (Å²) in [5, 5.41) is 24.4. The van der Waals surface area contributed by atoms with Crippen LogP contribution in [0, 0.1) is 13.8 Å². The van der Waals surface area contributed by atoms with Crippen molar-refractivity contribution in [2.75, 3.05) is 23.7 Å². The number of phenols is 1. The van der Waals surface area contributed by atoms with Gasteiger partial charge in [-0.25, -0.2) is 4.98 Å². The van der Waals surface area contributed by atoms with Crippen LogP contribution >= 0.6 is 23.7 Å². The van der Waals surface area contributed by atoms with Gasteiger partial charge < -0.3 is 21.1 Å². The van der Waals surface area contributed by atoms with Gasteiger partial charge in [0.2, 0.25) is 0 Å². The molecule has 1 aromatic carbocycles. The van der Waals surface area contributed by atoms with Crippen molar-refractivity contribution in [1.29, 1.82) is 0 Å². The number of carbonyl (C=O) groups is 1. The molecule has 1 fully saturated rings. The molecule has 10 heteroatoms. The lowest BCUT2D eigenvalue weighted by molar-refractivity contribution is 0.103. The van der Waals surface area contributed by atoms with Gasteiger partial charge >= 0.3 is 0 Å². The van der Waals surface area contributed by atoms with Gasteiger partial charge in [-0.15, -0.1) is 12.4 Å². The van der Waals surface area contributed by atoms with E-state index in [4.69, 9.17) is 0 Å². The molecule has 4 N–H and O–H groups in total. The van der Waals surface area contributed by atoms with E-state index in [1.54, 1.807) is 19.1 Å². The predicted molar refractivity (Wildman–Crippen MR) is 117 cm³/mol. The Morgan fingerprint density at radius 2 is 2.17 bits per heavy atom. The summed E-state index contributed by atoms with van der Waals surface area (Å²) in [5.74, 6) is 0.596. The highest BCUT2D eigenvalue weighted by atomic mass is 35.5. The van der Waals surface area contributed by atoms with Crippen molar-refractivity contribution < 1.29 is 9.90 Å². The summed E-state index contributed by atoms with van der Waals surface area (Å²) in [7, 11) is 0. The maximum atomic E-state index is 12.6. The van der Waals surface area contributed by atoms with E-state index >= 15 is 0 Å². The van der Waals surface area contributed by atoms with E-state index in [1.165, 1.54) is 17.5 Å². The number of aromatic hydroxyl groups is 1. The molecule has 0 bridgehead atoms. The summed E-state index contributed by atoms with van der Waals surface area (Å²) < 4.78 is 1.96. The number of hydrogen-bond acceptors (Lipinski definition) is 7. The minimum absolute atomic E-state index is 0. The lowest BCUT2D eigenvalue weighted by Gasteiger charge is -2.11. The fourth-order valence-electron chi connectivity index (χ4n) is 3.22. The number of anilines is 3. The molecule has 8 nitrogen and oxygen atoms in total. The van der Waals surface area contributed by atoms with Crippen LogP contribution in [0.5, 0.6) is 5.75 Å². The zero-order valence-electron chi connectivity index (χ0n) is 16.1. The number of thiazole rings is 1. The number of nitrogens with zero attached hydrogens (tertiary/aromatic N) is 3. The molecule has 1 atom stereocenters. The molecule has 154 valence electrons. The topological polar surface area (TPSA) is 104 Å². The molecule has 2 aromatic heterocycles. The molecule has 1 aliphatic heterocycles. The summed E-state index contributed by atoms with van der Waals surface area (Å²) in [6, 6.07) is 5.67. The molecule has 0 unspecified atom stereocenters. The molecule has 3 aromatic rings. The van der Waals surface area contributed by atoms with Gasteiger partial charge in [0.15, 0.2) is 10.9 Å². The third kappa shape index (κ3) is 4.52. The molecule has 0 spiro atoms. The van der Waals surface area contributed by atoms with Gasteiger partial charge in [0.25, 0.3) is 5.91 Å². The fourth-order valence-corrected chi connectivity index (χ4v) is 3.94. The minimum atomic E-state index is -0.259. The fraction of sp³-hybridized carbons (Fsp3) is 0.316. The van der Waals surface area contributed by atoms with E-state index in [-0.39, 0.29) is 24.1 Å². The molecule has 4 rings (SSSR count). The first-order chi connectivity index (χ1) is 13.5. The van der Waals surface area contributed by atoms with Crippen molar-refractivity contribution in [2.24, 2.45) is 0 Å². The van der Waals surface area contributed by atoms with Crippen molar-refractivity contribution in [1.82, 2.24) is 20.1 Å². The largest absolute Gasteiger partial charge is 0.508 e. The lowest BCUT2D eigenvalue weighted by atomic mass is 10.1. The average molecular weight is 435 g/mol. The molecule has 1 amide bonds. The minimum Gasteiger partial charge on any atom is -0.508 e. The number of phenolic OH excluding ortho intramolecular Hbond substituents is 1. The Labute approximate surface area is 178 Å². The van der Waals surface area contributed by atoms with Crippen LogP contribution in [0.3, 0.4) is 0 Å². The van der Waals surface area contributed by atoms with E-state index in [1.807, 2.05) is 23.9 Å². The Kier molecular flexibility index (Phi) is 6.41. The van der Waals surface area contributed by atoms with Crippen molar-refractivity contribution >= 4 is 46.3 Å². The van der Waals surface area contributed by atoms with Crippen LogP contribution in [-0.2, 0) is 0 Å². The molecule has 3 heterocycles. The lowest BCUT2D eigenvalue weighted by Crippen LogP contribution is -2.13. The van der Waals surface area contributed by atoms with E-state index in [2.05, 4.69) is 26.0 Å². The van der Waals surface area contributed by atoms with E-state index < -0.39 is 0 Å². The van der Waals surface area contributed by atoms with Crippen LogP contribution in [0.4, 0.5) is 16.6 Å². The quantitative estimate of drug-likeness (QED) is 0.489. The summed E-state index contributed by atoms with van der Waals surface area (Å²) in [6.45, 7) is 5.60.